The summed E-state index contributed by atoms with van der Waals surface area (Å²) >= 11 is 0. The first-order valence-corrected chi connectivity index (χ1v) is 9.46. The zero-order valence-electron chi connectivity index (χ0n) is 15.4. The maximum atomic E-state index is 12.5. The predicted molar refractivity (Wildman–Crippen MR) is 99.6 cm³/mol. The fraction of sp³-hybridized carbons (Fsp3) is 0.524. The molecule has 1 aromatic carbocycles. The fourth-order valence-corrected chi connectivity index (χ4v) is 4.41. The Kier molecular flexibility index (Phi) is 4.14. The Bertz CT molecular complexity index is 801. The molecule has 2 heterocycles. The summed E-state index contributed by atoms with van der Waals surface area (Å²) in [5.41, 5.74) is 5.80. The number of carbonyl (C=O) groups excluding carboxylic acids is 1. The predicted octanol–water partition coefficient (Wildman–Crippen LogP) is 4.26. The van der Waals surface area contributed by atoms with Crippen LogP contribution in [0.3, 0.4) is 0 Å². The lowest BCUT2D eigenvalue weighted by atomic mass is 10.0. The van der Waals surface area contributed by atoms with E-state index in [1.807, 2.05) is 0 Å². The summed E-state index contributed by atoms with van der Waals surface area (Å²) in [4.78, 5) is 23.0. The molecule has 4 nitrogen and oxygen atoms in total. The minimum absolute atomic E-state index is 0.200. The Morgan fingerprint density at radius 1 is 1.16 bits per heavy atom. The molecule has 1 aliphatic carbocycles. The number of amides is 1. The molecule has 0 bridgehead atoms. The number of hydrogen-bond donors (Lipinski definition) is 1. The van der Waals surface area contributed by atoms with Gasteiger partial charge in [-0.25, -0.2) is 4.98 Å². The molecule has 1 aliphatic heterocycles. The van der Waals surface area contributed by atoms with E-state index in [1.165, 1.54) is 42.4 Å². The highest BCUT2D eigenvalue weighted by atomic mass is 16.2. The maximum absolute atomic E-state index is 12.5. The van der Waals surface area contributed by atoms with Crippen molar-refractivity contribution in [2.24, 2.45) is 0 Å². The van der Waals surface area contributed by atoms with E-state index >= 15 is 0 Å². The van der Waals surface area contributed by atoms with Gasteiger partial charge in [0.2, 0.25) is 5.91 Å². The topological polar surface area (TPSA) is 49.0 Å². The van der Waals surface area contributed by atoms with Gasteiger partial charge in [-0.3, -0.25) is 4.79 Å². The largest absolute Gasteiger partial charge is 0.345 e. The Morgan fingerprint density at radius 3 is 2.68 bits per heavy atom. The van der Waals surface area contributed by atoms with E-state index in [0.29, 0.717) is 18.4 Å². The van der Waals surface area contributed by atoms with Crippen LogP contribution in [-0.4, -0.2) is 33.4 Å². The number of carbonyl (C=O) groups is 1. The summed E-state index contributed by atoms with van der Waals surface area (Å²) < 4.78 is 0. The Balaban J connectivity index is 1.60. The molecule has 2 fully saturated rings. The standard InChI is InChI=1S/C21H27N3O/c1-13-8-9-14(2)18(10-13)20-15(3)22-21(23-20)16-11-19(25)24(12-16)17-6-4-5-7-17/h8-10,16-17H,4-7,11-12H2,1-3H3,(H,22,23)/t16-/m1/s1. The second-order valence-corrected chi connectivity index (χ2v) is 7.80. The molecular weight excluding hydrogens is 310 g/mol. The lowest BCUT2D eigenvalue weighted by Crippen LogP contribution is -2.34. The molecule has 4 heteroatoms. The van der Waals surface area contributed by atoms with Crippen LogP contribution in [0, 0.1) is 20.8 Å². The highest BCUT2D eigenvalue weighted by molar-refractivity contribution is 5.80. The first kappa shape index (κ1) is 16.4. The lowest BCUT2D eigenvalue weighted by molar-refractivity contribution is -0.129. The van der Waals surface area contributed by atoms with Gasteiger partial charge in [0, 0.05) is 36.2 Å². The molecule has 4 rings (SSSR count). The van der Waals surface area contributed by atoms with E-state index in [-0.39, 0.29) is 5.92 Å². The highest BCUT2D eigenvalue weighted by Gasteiger charge is 2.37. The second-order valence-electron chi connectivity index (χ2n) is 7.80. The van der Waals surface area contributed by atoms with E-state index in [1.54, 1.807) is 0 Å². The number of H-pyrrole nitrogens is 1. The van der Waals surface area contributed by atoms with Crippen molar-refractivity contribution in [3.63, 3.8) is 0 Å². The molecule has 0 spiro atoms. The molecule has 2 aliphatic rings. The number of aryl methyl sites for hydroxylation is 3. The highest BCUT2D eigenvalue weighted by Crippen LogP contribution is 2.35. The number of benzene rings is 1. The van der Waals surface area contributed by atoms with Gasteiger partial charge in [0.05, 0.1) is 5.69 Å². The van der Waals surface area contributed by atoms with Crippen LogP contribution >= 0.6 is 0 Å². The van der Waals surface area contributed by atoms with Gasteiger partial charge in [-0.2, -0.15) is 0 Å². The minimum Gasteiger partial charge on any atom is -0.345 e. The molecule has 25 heavy (non-hydrogen) atoms. The lowest BCUT2D eigenvalue weighted by Gasteiger charge is -2.23. The van der Waals surface area contributed by atoms with Crippen molar-refractivity contribution >= 4 is 5.91 Å². The molecular formula is C21H27N3O. The number of nitrogens with zero attached hydrogens (tertiary/aromatic N) is 2. The number of hydrogen-bond acceptors (Lipinski definition) is 2. The zero-order chi connectivity index (χ0) is 17.6. The van der Waals surface area contributed by atoms with E-state index < -0.39 is 0 Å². The van der Waals surface area contributed by atoms with Gasteiger partial charge in [0.25, 0.3) is 0 Å². The van der Waals surface area contributed by atoms with Crippen molar-refractivity contribution in [2.75, 3.05) is 6.54 Å². The Hall–Kier alpha value is -2.10. The Labute approximate surface area is 149 Å². The normalized spacial score (nSPS) is 21.5. The summed E-state index contributed by atoms with van der Waals surface area (Å²) in [6.07, 6.45) is 5.45. The van der Waals surface area contributed by atoms with Gasteiger partial charge in [0.1, 0.15) is 5.82 Å². The van der Waals surface area contributed by atoms with Crippen LogP contribution in [0.15, 0.2) is 18.2 Å². The van der Waals surface area contributed by atoms with E-state index in [2.05, 4.69) is 48.9 Å². The van der Waals surface area contributed by atoms with Crippen LogP contribution in [0.25, 0.3) is 11.3 Å². The molecule has 1 saturated carbocycles. The fourth-order valence-electron chi connectivity index (χ4n) is 4.41. The molecule has 1 atom stereocenters. The molecule has 1 amide bonds. The number of nitrogens with one attached hydrogen (secondary N) is 1. The molecule has 1 saturated heterocycles. The summed E-state index contributed by atoms with van der Waals surface area (Å²) in [7, 11) is 0. The summed E-state index contributed by atoms with van der Waals surface area (Å²) in [5, 5.41) is 0. The van der Waals surface area contributed by atoms with Gasteiger partial charge in [-0.1, -0.05) is 30.5 Å². The molecule has 132 valence electrons. The van der Waals surface area contributed by atoms with Gasteiger partial charge >= 0.3 is 0 Å². The minimum atomic E-state index is 0.200. The van der Waals surface area contributed by atoms with Crippen LogP contribution in [0.1, 0.15) is 60.7 Å². The average Bonchev–Trinajstić information content (AvgIpc) is 3.29. The Morgan fingerprint density at radius 2 is 1.92 bits per heavy atom. The molecule has 0 unspecified atom stereocenters. The third-order valence-electron chi connectivity index (χ3n) is 5.86. The third kappa shape index (κ3) is 2.99. The maximum Gasteiger partial charge on any atom is 0.223 e. The first-order chi connectivity index (χ1) is 12.0. The summed E-state index contributed by atoms with van der Waals surface area (Å²) in [6, 6.07) is 6.95. The van der Waals surface area contributed by atoms with Gasteiger partial charge < -0.3 is 9.88 Å². The quantitative estimate of drug-likeness (QED) is 0.910. The van der Waals surface area contributed by atoms with E-state index in [4.69, 9.17) is 4.98 Å². The third-order valence-corrected chi connectivity index (χ3v) is 5.86. The monoisotopic (exact) mass is 337 g/mol. The van der Waals surface area contributed by atoms with Crippen molar-refractivity contribution in [1.82, 2.24) is 14.9 Å². The van der Waals surface area contributed by atoms with Crippen molar-refractivity contribution in [3.05, 3.63) is 40.8 Å². The number of likely N-dealkylation sites (tertiary alicyclic amines) is 1. The van der Waals surface area contributed by atoms with Crippen molar-refractivity contribution in [3.8, 4) is 11.3 Å². The molecule has 2 aromatic rings. The van der Waals surface area contributed by atoms with Crippen molar-refractivity contribution < 1.29 is 4.79 Å². The molecule has 1 aromatic heterocycles. The number of rotatable bonds is 3. The van der Waals surface area contributed by atoms with Gasteiger partial charge in [-0.05, 0) is 45.2 Å². The van der Waals surface area contributed by atoms with E-state index in [0.717, 1.165) is 23.8 Å². The van der Waals surface area contributed by atoms with Crippen LogP contribution in [0.4, 0.5) is 0 Å². The van der Waals surface area contributed by atoms with Crippen LogP contribution < -0.4 is 0 Å². The molecule has 1 N–H and O–H groups in total. The molecule has 0 radical (unpaired) electrons. The van der Waals surface area contributed by atoms with Crippen molar-refractivity contribution in [1.29, 1.82) is 0 Å². The average molecular weight is 337 g/mol. The van der Waals surface area contributed by atoms with Crippen LogP contribution in [-0.2, 0) is 4.79 Å². The van der Waals surface area contributed by atoms with Gasteiger partial charge in [-0.15, -0.1) is 0 Å². The van der Waals surface area contributed by atoms with E-state index in [9.17, 15) is 4.79 Å². The zero-order valence-corrected chi connectivity index (χ0v) is 15.4. The van der Waals surface area contributed by atoms with Crippen LogP contribution in [0.5, 0.6) is 0 Å². The first-order valence-electron chi connectivity index (χ1n) is 9.46. The number of imidazole rings is 1. The summed E-state index contributed by atoms with van der Waals surface area (Å²) in [5.74, 6) is 1.48. The van der Waals surface area contributed by atoms with Gasteiger partial charge in [0.15, 0.2) is 0 Å². The second kappa shape index (κ2) is 6.32. The van der Waals surface area contributed by atoms with Crippen LogP contribution in [0.2, 0.25) is 0 Å². The smallest absolute Gasteiger partial charge is 0.223 e. The number of aromatic nitrogens is 2. The summed E-state index contributed by atoms with van der Waals surface area (Å²) in [6.45, 7) is 7.15. The number of aromatic amines is 1. The van der Waals surface area contributed by atoms with Crippen molar-refractivity contribution in [2.45, 2.75) is 64.8 Å². The SMILES string of the molecule is Cc1ccc(C)c(-c2nc([C@@H]3CC(=O)N(C4CCCC4)C3)[nH]c2C)c1.